The molecule has 4 rings (SSSR count). The van der Waals surface area contributed by atoms with Crippen molar-refractivity contribution in [2.45, 2.75) is 74.8 Å². The van der Waals surface area contributed by atoms with Crippen LogP contribution >= 0.6 is 11.3 Å². The molecule has 0 bridgehead atoms. The van der Waals surface area contributed by atoms with Crippen LogP contribution in [0.2, 0.25) is 0 Å². The molecule has 2 aliphatic carbocycles. The van der Waals surface area contributed by atoms with Crippen LogP contribution < -0.4 is 9.46 Å². The van der Waals surface area contributed by atoms with Gasteiger partial charge in [0.15, 0.2) is 9.22 Å². The Hall–Kier alpha value is -2.64. The monoisotopic (exact) mass is 548 g/mol. The largest absolute Gasteiger partial charge is 0.495 e. The van der Waals surface area contributed by atoms with E-state index in [4.69, 9.17) is 9.84 Å². The molecule has 0 aliphatic heterocycles. The fourth-order valence-electron chi connectivity index (χ4n) is 5.49. The van der Waals surface area contributed by atoms with Crippen LogP contribution in [0.1, 0.15) is 86.0 Å². The Morgan fingerprint density at radius 3 is 2.49 bits per heavy atom. The molecule has 0 amide bonds. The summed E-state index contributed by atoms with van der Waals surface area (Å²) in [6.45, 7) is 0. The first-order valence-corrected chi connectivity index (χ1v) is 15.2. The van der Waals surface area contributed by atoms with Crippen LogP contribution in [0.5, 0.6) is 5.75 Å². The maximum absolute atomic E-state index is 14.2. The number of halogens is 1. The van der Waals surface area contributed by atoms with Gasteiger partial charge in [-0.05, 0) is 43.1 Å². The van der Waals surface area contributed by atoms with Gasteiger partial charge in [0.1, 0.15) is 11.6 Å². The summed E-state index contributed by atoms with van der Waals surface area (Å²) in [6, 6.07) is 1.72. The smallest absolute Gasteiger partial charge is 0.338 e. The molecule has 2 unspecified atom stereocenters. The van der Waals surface area contributed by atoms with E-state index in [1.165, 1.54) is 71.1 Å². The van der Waals surface area contributed by atoms with Crippen LogP contribution in [-0.4, -0.2) is 31.6 Å². The molecule has 2 saturated carbocycles. The van der Waals surface area contributed by atoms with Crippen molar-refractivity contribution in [2.24, 2.45) is 17.8 Å². The first kappa shape index (κ1) is 27.4. The fraction of sp³-hybridized carbons (Fsp3) is 0.556. The third-order valence-corrected chi connectivity index (χ3v) is 10.2. The summed E-state index contributed by atoms with van der Waals surface area (Å²) in [6.07, 6.45) is 15.3. The summed E-state index contributed by atoms with van der Waals surface area (Å²) in [5.74, 6) is 5.69. The molecule has 0 radical (unpaired) electrons. The Balaban J connectivity index is 1.41. The van der Waals surface area contributed by atoms with Gasteiger partial charge < -0.3 is 9.84 Å². The van der Waals surface area contributed by atoms with Crippen LogP contribution in [0.25, 0.3) is 0 Å². The van der Waals surface area contributed by atoms with E-state index in [1.54, 1.807) is 0 Å². The molecule has 0 spiro atoms. The molecule has 7 nitrogen and oxygen atoms in total. The number of anilines is 1. The summed E-state index contributed by atoms with van der Waals surface area (Å²) in [5.41, 5.74) is -0.818. The lowest BCUT2D eigenvalue weighted by Crippen LogP contribution is -2.13. The second kappa shape index (κ2) is 12.3. The van der Waals surface area contributed by atoms with Gasteiger partial charge in [0.05, 0.1) is 24.6 Å². The second-order valence-corrected chi connectivity index (χ2v) is 12.9. The summed E-state index contributed by atoms with van der Waals surface area (Å²) in [7, 11) is -2.86. The lowest BCUT2D eigenvalue weighted by Gasteiger charge is -2.24. The van der Waals surface area contributed by atoms with E-state index >= 15 is 0 Å². The number of carbonyl (C=O) groups is 1. The van der Waals surface area contributed by atoms with E-state index in [0.29, 0.717) is 5.01 Å². The molecule has 2 aliphatic rings. The number of aromatic carboxylic acids is 1. The van der Waals surface area contributed by atoms with Gasteiger partial charge in [-0.1, -0.05) is 68.6 Å². The van der Waals surface area contributed by atoms with Crippen molar-refractivity contribution in [3.8, 4) is 17.6 Å². The number of nitrogens with zero attached hydrogens (tertiary/aromatic N) is 1. The molecule has 1 aromatic carbocycles. The zero-order valence-corrected chi connectivity index (χ0v) is 22.6. The highest BCUT2D eigenvalue weighted by Gasteiger charge is 2.26. The molecule has 10 heteroatoms. The van der Waals surface area contributed by atoms with E-state index in [2.05, 4.69) is 21.5 Å². The van der Waals surface area contributed by atoms with Crippen molar-refractivity contribution in [3.63, 3.8) is 0 Å². The SMILES string of the molecule is COc1cc(C(=O)O)c(F)cc1NS(=O)(=O)c1cnc(C#CC2CCCC(C3CCCCCC3)CC2)s1. The Kier molecular flexibility index (Phi) is 9.08. The topological polar surface area (TPSA) is 106 Å². The number of hydrogen-bond acceptors (Lipinski definition) is 6. The average Bonchev–Trinajstić information content (AvgIpc) is 3.04. The number of nitrogens with one attached hydrogen (secondary N) is 1. The summed E-state index contributed by atoms with van der Waals surface area (Å²) >= 11 is 0.940. The first-order chi connectivity index (χ1) is 17.8. The minimum absolute atomic E-state index is 0.0733. The Bertz CT molecular complexity index is 1270. The maximum atomic E-state index is 14.2. The van der Waals surface area contributed by atoms with E-state index in [9.17, 15) is 17.6 Å². The fourth-order valence-corrected chi connectivity index (χ4v) is 7.55. The van der Waals surface area contributed by atoms with Crippen LogP contribution in [0.15, 0.2) is 22.5 Å². The van der Waals surface area contributed by atoms with Gasteiger partial charge in [0.2, 0.25) is 0 Å². The molecule has 1 heterocycles. The molecule has 0 saturated heterocycles. The van der Waals surface area contributed by atoms with Gasteiger partial charge >= 0.3 is 5.97 Å². The molecule has 2 N–H and O–H groups in total. The van der Waals surface area contributed by atoms with Crippen LogP contribution in [0, 0.1) is 35.4 Å². The summed E-state index contributed by atoms with van der Waals surface area (Å²) < 4.78 is 47.2. The lowest BCUT2D eigenvalue weighted by atomic mass is 9.81. The van der Waals surface area contributed by atoms with Crippen LogP contribution in [0.4, 0.5) is 10.1 Å². The molecule has 1 aromatic heterocycles. The number of carboxylic acids is 1. The zero-order valence-electron chi connectivity index (χ0n) is 21.0. The summed E-state index contributed by atoms with van der Waals surface area (Å²) in [5, 5.41) is 9.49. The highest BCUT2D eigenvalue weighted by molar-refractivity contribution is 7.94. The van der Waals surface area contributed by atoms with Gasteiger partial charge in [0, 0.05) is 12.0 Å². The molecular weight excluding hydrogens is 515 g/mol. The summed E-state index contributed by atoms with van der Waals surface area (Å²) in [4.78, 5) is 15.3. The van der Waals surface area contributed by atoms with E-state index in [1.807, 2.05) is 0 Å². The van der Waals surface area contributed by atoms with Crippen molar-refractivity contribution in [2.75, 3.05) is 11.8 Å². The van der Waals surface area contributed by atoms with Crippen molar-refractivity contribution < 1.29 is 27.4 Å². The number of hydrogen-bond donors (Lipinski definition) is 2. The third kappa shape index (κ3) is 7.02. The number of benzene rings is 1. The minimum Gasteiger partial charge on any atom is -0.495 e. The second-order valence-electron chi connectivity index (χ2n) is 9.91. The van der Waals surface area contributed by atoms with Gasteiger partial charge in [-0.25, -0.2) is 22.6 Å². The Labute approximate surface area is 221 Å². The molecule has 37 heavy (non-hydrogen) atoms. The number of methoxy groups -OCH3 is 1. The van der Waals surface area contributed by atoms with Crippen molar-refractivity contribution in [3.05, 3.63) is 34.7 Å². The molecule has 2 atom stereocenters. The van der Waals surface area contributed by atoms with Gasteiger partial charge in [-0.3, -0.25) is 4.72 Å². The number of aromatic nitrogens is 1. The average molecular weight is 549 g/mol. The normalized spacial score (nSPS) is 21.2. The van der Waals surface area contributed by atoms with Crippen molar-refractivity contribution >= 4 is 33.0 Å². The highest BCUT2D eigenvalue weighted by Crippen LogP contribution is 2.38. The number of thiazole rings is 1. The number of rotatable bonds is 6. The van der Waals surface area contributed by atoms with Gasteiger partial charge in [0.25, 0.3) is 10.0 Å². The number of sulfonamides is 1. The van der Waals surface area contributed by atoms with Gasteiger partial charge in [-0.15, -0.1) is 0 Å². The molecule has 2 fully saturated rings. The van der Waals surface area contributed by atoms with E-state index in [-0.39, 0.29) is 21.6 Å². The number of ether oxygens (including phenoxy) is 1. The maximum Gasteiger partial charge on any atom is 0.338 e. The lowest BCUT2D eigenvalue weighted by molar-refractivity contribution is 0.0691. The first-order valence-electron chi connectivity index (χ1n) is 12.9. The predicted octanol–water partition coefficient (Wildman–Crippen LogP) is 6.31. The van der Waals surface area contributed by atoms with Gasteiger partial charge in [-0.2, -0.15) is 0 Å². The Morgan fingerprint density at radius 2 is 1.78 bits per heavy atom. The minimum atomic E-state index is -4.10. The standard InChI is InChI=1S/C27H33FN2O5S2/c1-35-24-15-21(27(31)32)22(28)16-23(24)30-37(33,34)26-17-29-25(36-26)14-12-18-7-6-10-20(13-11-18)19-8-4-2-3-5-9-19/h15-20,30H,2-11,13H2,1H3,(H,31,32). The number of carboxylic acid groups (broad SMARTS) is 1. The quantitative estimate of drug-likeness (QED) is 0.324. The zero-order chi connectivity index (χ0) is 26.4. The highest BCUT2D eigenvalue weighted by atomic mass is 32.2. The Morgan fingerprint density at radius 1 is 1.08 bits per heavy atom. The van der Waals surface area contributed by atoms with Crippen molar-refractivity contribution in [1.82, 2.24) is 4.98 Å². The molecule has 2 aromatic rings. The van der Waals surface area contributed by atoms with Crippen LogP contribution in [0.3, 0.4) is 0 Å². The third-order valence-electron chi connectivity index (χ3n) is 7.48. The van der Waals surface area contributed by atoms with E-state index < -0.39 is 27.4 Å². The molecular formula is C27H33FN2O5S2. The van der Waals surface area contributed by atoms with Crippen LogP contribution in [-0.2, 0) is 10.0 Å². The van der Waals surface area contributed by atoms with Crippen molar-refractivity contribution in [1.29, 1.82) is 0 Å². The molecule has 200 valence electrons. The van der Waals surface area contributed by atoms with E-state index in [0.717, 1.165) is 48.1 Å². The predicted molar refractivity (Wildman–Crippen MR) is 141 cm³/mol.